The Morgan fingerprint density at radius 3 is 2.69 bits per heavy atom. The van der Waals surface area contributed by atoms with E-state index in [1.807, 2.05) is 12.1 Å². The van der Waals surface area contributed by atoms with Gasteiger partial charge in [-0.1, -0.05) is 0 Å². The first-order chi connectivity index (χ1) is 6.35. The predicted octanol–water partition coefficient (Wildman–Crippen LogP) is 1.60. The van der Waals surface area contributed by atoms with Gasteiger partial charge in [0.05, 0.1) is 25.9 Å². The van der Waals surface area contributed by atoms with Crippen LogP contribution in [0.3, 0.4) is 0 Å². The van der Waals surface area contributed by atoms with Crippen molar-refractivity contribution in [2.75, 3.05) is 7.11 Å². The quantitative estimate of drug-likeness (QED) is 0.651. The smallest absolute Gasteiger partial charge is 0.137 e. The SMILES string of the molecule is COc1cc2c(cc1C#N)COC2. The highest BCUT2D eigenvalue weighted by molar-refractivity contribution is 5.49. The van der Waals surface area contributed by atoms with Gasteiger partial charge >= 0.3 is 0 Å². The molecule has 66 valence electrons. The molecule has 1 heterocycles. The predicted molar refractivity (Wildman–Crippen MR) is 46.2 cm³/mol. The molecular weight excluding hydrogens is 166 g/mol. The molecule has 0 radical (unpaired) electrons. The summed E-state index contributed by atoms with van der Waals surface area (Å²) >= 11 is 0. The molecule has 0 amide bonds. The van der Waals surface area contributed by atoms with Crippen LogP contribution in [-0.4, -0.2) is 7.11 Å². The van der Waals surface area contributed by atoms with E-state index in [0.29, 0.717) is 24.5 Å². The summed E-state index contributed by atoms with van der Waals surface area (Å²) < 4.78 is 10.3. The summed E-state index contributed by atoms with van der Waals surface area (Å²) in [7, 11) is 1.57. The van der Waals surface area contributed by atoms with Crippen molar-refractivity contribution in [2.45, 2.75) is 13.2 Å². The molecule has 0 bridgehead atoms. The lowest BCUT2D eigenvalue weighted by molar-refractivity contribution is 0.134. The summed E-state index contributed by atoms with van der Waals surface area (Å²) in [6, 6.07) is 5.81. The summed E-state index contributed by atoms with van der Waals surface area (Å²) in [4.78, 5) is 0. The van der Waals surface area contributed by atoms with Crippen LogP contribution in [0.15, 0.2) is 12.1 Å². The number of methoxy groups -OCH3 is 1. The number of nitrogens with zero attached hydrogens (tertiary/aromatic N) is 1. The van der Waals surface area contributed by atoms with E-state index >= 15 is 0 Å². The van der Waals surface area contributed by atoms with E-state index in [2.05, 4.69) is 6.07 Å². The van der Waals surface area contributed by atoms with Crippen LogP contribution >= 0.6 is 0 Å². The summed E-state index contributed by atoms with van der Waals surface area (Å²) in [6.07, 6.45) is 0. The third-order valence-corrected chi connectivity index (χ3v) is 2.16. The van der Waals surface area contributed by atoms with Gasteiger partial charge in [0.15, 0.2) is 0 Å². The van der Waals surface area contributed by atoms with Gasteiger partial charge in [0, 0.05) is 0 Å². The Morgan fingerprint density at radius 1 is 1.38 bits per heavy atom. The van der Waals surface area contributed by atoms with Crippen molar-refractivity contribution in [3.8, 4) is 11.8 Å². The number of hydrogen-bond donors (Lipinski definition) is 0. The second kappa shape index (κ2) is 3.08. The number of rotatable bonds is 1. The molecule has 0 aromatic heterocycles. The minimum absolute atomic E-state index is 0.576. The van der Waals surface area contributed by atoms with Crippen molar-refractivity contribution < 1.29 is 9.47 Å². The van der Waals surface area contributed by atoms with E-state index in [9.17, 15) is 0 Å². The first-order valence-electron chi connectivity index (χ1n) is 4.03. The first kappa shape index (κ1) is 8.09. The fourth-order valence-corrected chi connectivity index (χ4v) is 1.46. The second-order valence-electron chi connectivity index (χ2n) is 2.93. The zero-order valence-electron chi connectivity index (χ0n) is 7.33. The summed E-state index contributed by atoms with van der Waals surface area (Å²) in [5.74, 6) is 0.631. The molecule has 0 unspecified atom stereocenters. The van der Waals surface area contributed by atoms with Crippen molar-refractivity contribution in [3.63, 3.8) is 0 Å². The maximum absolute atomic E-state index is 8.81. The summed E-state index contributed by atoms with van der Waals surface area (Å²) in [5, 5.41) is 8.81. The van der Waals surface area contributed by atoms with Gasteiger partial charge in [-0.2, -0.15) is 5.26 Å². The van der Waals surface area contributed by atoms with E-state index < -0.39 is 0 Å². The molecule has 13 heavy (non-hydrogen) atoms. The van der Waals surface area contributed by atoms with Gasteiger partial charge in [0.25, 0.3) is 0 Å². The zero-order chi connectivity index (χ0) is 9.26. The van der Waals surface area contributed by atoms with Gasteiger partial charge in [-0.25, -0.2) is 0 Å². The van der Waals surface area contributed by atoms with Crippen molar-refractivity contribution in [1.29, 1.82) is 5.26 Å². The number of fused-ring (bicyclic) bond motifs is 1. The monoisotopic (exact) mass is 175 g/mol. The third kappa shape index (κ3) is 1.25. The van der Waals surface area contributed by atoms with Crippen molar-refractivity contribution in [1.82, 2.24) is 0 Å². The molecule has 0 N–H and O–H groups in total. The zero-order valence-corrected chi connectivity index (χ0v) is 7.33. The van der Waals surface area contributed by atoms with Crippen LogP contribution in [0.1, 0.15) is 16.7 Å². The van der Waals surface area contributed by atoms with Gasteiger partial charge in [-0.15, -0.1) is 0 Å². The number of ether oxygens (including phenoxy) is 2. The number of benzene rings is 1. The lowest BCUT2D eigenvalue weighted by Crippen LogP contribution is -1.91. The molecule has 3 nitrogen and oxygen atoms in total. The van der Waals surface area contributed by atoms with Crippen molar-refractivity contribution in [3.05, 3.63) is 28.8 Å². The maximum atomic E-state index is 8.81. The van der Waals surface area contributed by atoms with E-state index in [1.54, 1.807) is 7.11 Å². The Labute approximate surface area is 76.5 Å². The minimum atomic E-state index is 0.576. The normalized spacial score (nSPS) is 13.5. The molecular formula is C10H9NO2. The highest BCUT2D eigenvalue weighted by Gasteiger charge is 2.15. The Kier molecular flexibility index (Phi) is 1.91. The van der Waals surface area contributed by atoms with E-state index in [0.717, 1.165) is 11.1 Å². The molecule has 0 saturated carbocycles. The minimum Gasteiger partial charge on any atom is -0.495 e. The van der Waals surface area contributed by atoms with Crippen LogP contribution in [0, 0.1) is 11.3 Å². The first-order valence-corrected chi connectivity index (χ1v) is 4.03. The summed E-state index contributed by atoms with van der Waals surface area (Å²) in [6.45, 7) is 1.23. The molecule has 3 heteroatoms. The Morgan fingerprint density at radius 2 is 2.08 bits per heavy atom. The van der Waals surface area contributed by atoms with Crippen molar-refractivity contribution >= 4 is 0 Å². The molecule has 0 saturated heterocycles. The van der Waals surface area contributed by atoms with Crippen LogP contribution in [0.5, 0.6) is 5.75 Å². The Balaban J connectivity index is 2.55. The molecule has 1 aromatic carbocycles. The molecule has 0 spiro atoms. The lowest BCUT2D eigenvalue weighted by atomic mass is 10.1. The van der Waals surface area contributed by atoms with E-state index in [4.69, 9.17) is 14.7 Å². The molecule has 0 aliphatic carbocycles. The van der Waals surface area contributed by atoms with Crippen LogP contribution in [0.2, 0.25) is 0 Å². The summed E-state index contributed by atoms with van der Waals surface area (Å²) in [5.41, 5.74) is 2.79. The van der Waals surface area contributed by atoms with Gasteiger partial charge in [-0.05, 0) is 23.3 Å². The molecule has 1 aromatic rings. The highest BCUT2D eigenvalue weighted by Crippen LogP contribution is 2.27. The third-order valence-electron chi connectivity index (χ3n) is 2.16. The molecule has 0 atom stereocenters. The van der Waals surface area contributed by atoms with Gasteiger partial charge < -0.3 is 9.47 Å². The van der Waals surface area contributed by atoms with E-state index in [1.165, 1.54) is 0 Å². The second-order valence-corrected chi connectivity index (χ2v) is 2.93. The van der Waals surface area contributed by atoms with Crippen LogP contribution < -0.4 is 4.74 Å². The average Bonchev–Trinajstić information content (AvgIpc) is 2.62. The molecule has 2 rings (SSSR count). The van der Waals surface area contributed by atoms with Crippen molar-refractivity contribution in [2.24, 2.45) is 0 Å². The topological polar surface area (TPSA) is 42.2 Å². The molecule has 1 aliphatic rings. The van der Waals surface area contributed by atoms with Crippen LogP contribution in [-0.2, 0) is 18.0 Å². The van der Waals surface area contributed by atoms with Crippen LogP contribution in [0.4, 0.5) is 0 Å². The fourth-order valence-electron chi connectivity index (χ4n) is 1.46. The van der Waals surface area contributed by atoms with E-state index in [-0.39, 0.29) is 0 Å². The number of nitriles is 1. The molecule has 0 fully saturated rings. The lowest BCUT2D eigenvalue weighted by Gasteiger charge is -2.04. The van der Waals surface area contributed by atoms with Gasteiger partial charge in [-0.3, -0.25) is 0 Å². The average molecular weight is 175 g/mol. The largest absolute Gasteiger partial charge is 0.495 e. The highest BCUT2D eigenvalue weighted by atomic mass is 16.5. The molecule has 1 aliphatic heterocycles. The maximum Gasteiger partial charge on any atom is 0.137 e. The van der Waals surface area contributed by atoms with Crippen LogP contribution in [0.25, 0.3) is 0 Å². The van der Waals surface area contributed by atoms with Gasteiger partial charge in [0.1, 0.15) is 11.8 Å². The Hall–Kier alpha value is -1.53. The standard InChI is InChI=1S/C10H9NO2/c1-12-10-3-9-6-13-5-8(9)2-7(10)4-11/h2-3H,5-6H2,1H3. The van der Waals surface area contributed by atoms with Gasteiger partial charge in [0.2, 0.25) is 0 Å². The fraction of sp³-hybridized carbons (Fsp3) is 0.300. The Bertz CT molecular complexity index is 379. The number of hydrogen-bond acceptors (Lipinski definition) is 3.